The van der Waals surface area contributed by atoms with Gasteiger partial charge in [0.1, 0.15) is 17.1 Å². The van der Waals surface area contributed by atoms with Gasteiger partial charge in [0.2, 0.25) is 5.91 Å². The third kappa shape index (κ3) is 5.34. The van der Waals surface area contributed by atoms with Crippen LogP contribution in [0.5, 0.6) is 0 Å². The molecule has 0 spiro atoms. The standard InChI is InChI=1S/C21H32N2O4/c1-16-19(21(25)26-2)14-18(27-16)15-22-10-12-23(13-11-22)20(24)9-8-17-6-4-3-5-7-17/h14,17H,3-13,15H2,1-2H3. The van der Waals surface area contributed by atoms with Crippen molar-refractivity contribution in [2.45, 2.75) is 58.4 Å². The van der Waals surface area contributed by atoms with E-state index in [1.807, 2.05) is 4.90 Å². The third-order valence-corrected chi connectivity index (χ3v) is 5.97. The van der Waals surface area contributed by atoms with E-state index in [4.69, 9.17) is 9.15 Å². The molecule has 1 aliphatic carbocycles. The molecular weight excluding hydrogens is 344 g/mol. The van der Waals surface area contributed by atoms with E-state index in [0.717, 1.165) is 44.3 Å². The number of furan rings is 1. The van der Waals surface area contributed by atoms with Crippen LogP contribution in [0.1, 0.15) is 66.8 Å². The van der Waals surface area contributed by atoms with Crippen LogP contribution in [-0.4, -0.2) is 55.0 Å². The Hall–Kier alpha value is -1.82. The lowest BCUT2D eigenvalue weighted by Crippen LogP contribution is -2.48. The lowest BCUT2D eigenvalue weighted by molar-refractivity contribution is -0.133. The van der Waals surface area contributed by atoms with Gasteiger partial charge in [0.05, 0.1) is 13.7 Å². The van der Waals surface area contributed by atoms with E-state index < -0.39 is 0 Å². The van der Waals surface area contributed by atoms with E-state index in [1.54, 1.807) is 13.0 Å². The van der Waals surface area contributed by atoms with Gasteiger partial charge in [0.15, 0.2) is 0 Å². The molecule has 2 aliphatic rings. The molecule has 27 heavy (non-hydrogen) atoms. The summed E-state index contributed by atoms with van der Waals surface area (Å²) in [4.78, 5) is 28.5. The zero-order valence-corrected chi connectivity index (χ0v) is 16.7. The van der Waals surface area contributed by atoms with Crippen LogP contribution in [0, 0.1) is 12.8 Å². The van der Waals surface area contributed by atoms with E-state index in [-0.39, 0.29) is 5.97 Å². The summed E-state index contributed by atoms with van der Waals surface area (Å²) in [5.41, 5.74) is 0.490. The molecule has 2 heterocycles. The van der Waals surface area contributed by atoms with Gasteiger partial charge in [0, 0.05) is 32.6 Å². The van der Waals surface area contributed by atoms with Gasteiger partial charge in [-0.15, -0.1) is 0 Å². The Labute approximate surface area is 161 Å². The van der Waals surface area contributed by atoms with E-state index in [1.165, 1.54) is 39.2 Å². The van der Waals surface area contributed by atoms with Crippen LogP contribution in [-0.2, 0) is 16.1 Å². The molecule has 0 unspecified atom stereocenters. The molecule has 0 N–H and O–H groups in total. The lowest BCUT2D eigenvalue weighted by atomic mass is 9.86. The van der Waals surface area contributed by atoms with Crippen LogP contribution in [0.2, 0.25) is 0 Å². The second-order valence-corrected chi connectivity index (χ2v) is 7.87. The molecule has 3 rings (SSSR count). The van der Waals surface area contributed by atoms with Crippen molar-refractivity contribution in [3.63, 3.8) is 0 Å². The van der Waals surface area contributed by atoms with Crippen LogP contribution < -0.4 is 0 Å². The second kappa shape index (κ2) is 9.40. The Morgan fingerprint density at radius 1 is 1.15 bits per heavy atom. The van der Waals surface area contributed by atoms with Crippen LogP contribution in [0.25, 0.3) is 0 Å². The smallest absolute Gasteiger partial charge is 0.341 e. The number of methoxy groups -OCH3 is 1. The van der Waals surface area contributed by atoms with Crippen molar-refractivity contribution < 1.29 is 18.7 Å². The zero-order valence-electron chi connectivity index (χ0n) is 16.7. The van der Waals surface area contributed by atoms with Gasteiger partial charge in [0.25, 0.3) is 0 Å². The van der Waals surface area contributed by atoms with E-state index in [0.29, 0.717) is 30.2 Å². The van der Waals surface area contributed by atoms with Crippen LogP contribution >= 0.6 is 0 Å². The van der Waals surface area contributed by atoms with Gasteiger partial charge in [-0.3, -0.25) is 9.69 Å². The fourth-order valence-corrected chi connectivity index (χ4v) is 4.27. The monoisotopic (exact) mass is 376 g/mol. The van der Waals surface area contributed by atoms with Gasteiger partial charge in [-0.05, 0) is 25.3 Å². The molecule has 0 aromatic carbocycles. The Bertz CT molecular complexity index is 641. The Morgan fingerprint density at radius 3 is 2.52 bits per heavy atom. The first kappa shape index (κ1) is 19.9. The summed E-state index contributed by atoms with van der Waals surface area (Å²) in [5.74, 6) is 2.06. The average molecular weight is 376 g/mol. The van der Waals surface area contributed by atoms with Gasteiger partial charge in [-0.2, -0.15) is 0 Å². The number of ether oxygens (including phenoxy) is 1. The van der Waals surface area contributed by atoms with E-state index >= 15 is 0 Å². The van der Waals surface area contributed by atoms with E-state index in [9.17, 15) is 9.59 Å². The van der Waals surface area contributed by atoms with Crippen molar-refractivity contribution in [2.75, 3.05) is 33.3 Å². The molecule has 2 fully saturated rings. The lowest BCUT2D eigenvalue weighted by Gasteiger charge is -2.34. The quantitative estimate of drug-likeness (QED) is 0.712. The SMILES string of the molecule is COC(=O)c1cc(CN2CCN(C(=O)CCC3CCCCC3)CC2)oc1C. The number of rotatable bonds is 6. The molecule has 6 heteroatoms. The number of hydrogen-bond acceptors (Lipinski definition) is 5. The first-order chi connectivity index (χ1) is 13.1. The summed E-state index contributed by atoms with van der Waals surface area (Å²) < 4.78 is 10.5. The molecule has 0 atom stereocenters. The van der Waals surface area contributed by atoms with Crippen LogP contribution in [0.4, 0.5) is 0 Å². The van der Waals surface area contributed by atoms with Crippen molar-refractivity contribution in [1.29, 1.82) is 0 Å². The highest BCUT2D eigenvalue weighted by Crippen LogP contribution is 2.27. The highest BCUT2D eigenvalue weighted by atomic mass is 16.5. The normalized spacial score (nSPS) is 19.3. The summed E-state index contributed by atoms with van der Waals surface area (Å²) in [6, 6.07) is 1.77. The van der Waals surface area contributed by atoms with Crippen molar-refractivity contribution in [3.05, 3.63) is 23.2 Å². The average Bonchev–Trinajstić information content (AvgIpc) is 3.07. The maximum Gasteiger partial charge on any atom is 0.341 e. The molecular formula is C21H32N2O4. The maximum atomic E-state index is 12.5. The summed E-state index contributed by atoms with van der Waals surface area (Å²) >= 11 is 0. The molecule has 1 amide bonds. The number of piperazine rings is 1. The number of carbonyl (C=O) groups excluding carboxylic acids is 2. The first-order valence-corrected chi connectivity index (χ1v) is 10.2. The molecule has 1 aromatic rings. The summed E-state index contributed by atoms with van der Waals surface area (Å²) in [6.45, 7) is 5.64. The summed E-state index contributed by atoms with van der Waals surface area (Å²) in [5, 5.41) is 0. The highest BCUT2D eigenvalue weighted by molar-refractivity contribution is 5.90. The third-order valence-electron chi connectivity index (χ3n) is 5.97. The number of amides is 1. The molecule has 1 saturated heterocycles. The fourth-order valence-electron chi connectivity index (χ4n) is 4.27. The van der Waals surface area contributed by atoms with Gasteiger partial charge in [-0.1, -0.05) is 32.1 Å². The first-order valence-electron chi connectivity index (χ1n) is 10.2. The van der Waals surface area contributed by atoms with E-state index in [2.05, 4.69) is 4.90 Å². The Balaban J connectivity index is 1.42. The maximum absolute atomic E-state index is 12.5. The Kier molecular flexibility index (Phi) is 6.94. The number of aryl methyl sites for hydroxylation is 1. The summed E-state index contributed by atoms with van der Waals surface area (Å²) in [7, 11) is 1.37. The molecule has 1 saturated carbocycles. The van der Waals surface area contributed by atoms with Gasteiger partial charge >= 0.3 is 5.97 Å². The largest absolute Gasteiger partial charge is 0.465 e. The van der Waals surface area contributed by atoms with Crippen molar-refractivity contribution in [3.8, 4) is 0 Å². The van der Waals surface area contributed by atoms with Crippen molar-refractivity contribution in [1.82, 2.24) is 9.80 Å². The molecule has 1 aromatic heterocycles. The molecule has 1 aliphatic heterocycles. The zero-order chi connectivity index (χ0) is 19.2. The van der Waals surface area contributed by atoms with Crippen molar-refractivity contribution >= 4 is 11.9 Å². The predicted octanol–water partition coefficient (Wildman–Crippen LogP) is 3.38. The molecule has 150 valence electrons. The topological polar surface area (TPSA) is 63.0 Å². The van der Waals surface area contributed by atoms with Gasteiger partial charge < -0.3 is 14.1 Å². The minimum atomic E-state index is -0.365. The van der Waals surface area contributed by atoms with Gasteiger partial charge in [-0.25, -0.2) is 4.79 Å². The number of esters is 1. The predicted molar refractivity (Wildman–Crippen MR) is 102 cm³/mol. The van der Waals surface area contributed by atoms with Crippen molar-refractivity contribution in [2.24, 2.45) is 5.92 Å². The summed E-state index contributed by atoms with van der Waals surface area (Å²) in [6.07, 6.45) is 8.39. The Morgan fingerprint density at radius 2 is 1.85 bits per heavy atom. The highest BCUT2D eigenvalue weighted by Gasteiger charge is 2.24. The molecule has 0 radical (unpaired) electrons. The minimum Gasteiger partial charge on any atom is -0.465 e. The minimum absolute atomic E-state index is 0.307. The second-order valence-electron chi connectivity index (χ2n) is 7.87. The number of hydrogen-bond donors (Lipinski definition) is 0. The number of carbonyl (C=O) groups is 2. The van der Waals surface area contributed by atoms with Crippen LogP contribution in [0.3, 0.4) is 0 Å². The molecule has 0 bridgehead atoms. The molecule has 6 nitrogen and oxygen atoms in total. The van der Waals surface area contributed by atoms with Crippen LogP contribution in [0.15, 0.2) is 10.5 Å². The number of nitrogens with zero attached hydrogens (tertiary/aromatic N) is 2. The fraction of sp³-hybridized carbons (Fsp3) is 0.714.